The Kier molecular flexibility index (Phi) is 5.31. The average Bonchev–Trinajstić information content (AvgIpc) is 2.25. The number of unbranched alkanes of at least 4 members (excludes halogenated alkanes) is 3. The lowest BCUT2D eigenvalue weighted by Crippen LogP contribution is -1.96. The second kappa shape index (κ2) is 6.61. The minimum atomic E-state index is 0.649. The van der Waals surface area contributed by atoms with Crippen molar-refractivity contribution in [3.63, 3.8) is 0 Å². The standard InChI is InChI=1S/C13H21N/c1-2-3-4-5-6-12-7-9-13(11-14)10-8-12/h7-10H,2-6,11,14H2,1H3. The van der Waals surface area contributed by atoms with E-state index in [1.807, 2.05) is 0 Å². The third-order valence-electron chi connectivity index (χ3n) is 2.58. The van der Waals surface area contributed by atoms with Gasteiger partial charge in [0, 0.05) is 6.54 Å². The van der Waals surface area contributed by atoms with Gasteiger partial charge in [0.05, 0.1) is 0 Å². The zero-order chi connectivity index (χ0) is 10.2. The third-order valence-corrected chi connectivity index (χ3v) is 2.58. The molecule has 0 heterocycles. The number of benzene rings is 1. The van der Waals surface area contributed by atoms with Crippen LogP contribution in [0, 0.1) is 0 Å². The molecule has 78 valence electrons. The van der Waals surface area contributed by atoms with Gasteiger partial charge in [-0.25, -0.2) is 0 Å². The van der Waals surface area contributed by atoms with Gasteiger partial charge in [0.15, 0.2) is 0 Å². The molecule has 0 amide bonds. The summed E-state index contributed by atoms with van der Waals surface area (Å²) in [6.07, 6.45) is 6.56. The molecule has 2 N–H and O–H groups in total. The summed E-state index contributed by atoms with van der Waals surface area (Å²) in [4.78, 5) is 0. The summed E-state index contributed by atoms with van der Waals surface area (Å²) in [5.74, 6) is 0. The molecule has 1 rings (SSSR count). The van der Waals surface area contributed by atoms with Crippen molar-refractivity contribution in [3.05, 3.63) is 35.4 Å². The molecule has 0 saturated heterocycles. The maximum absolute atomic E-state index is 5.54. The lowest BCUT2D eigenvalue weighted by molar-refractivity contribution is 0.667. The van der Waals surface area contributed by atoms with Gasteiger partial charge in [-0.2, -0.15) is 0 Å². The molecule has 0 aliphatic carbocycles. The molecule has 0 unspecified atom stereocenters. The molecule has 0 fully saturated rings. The first-order chi connectivity index (χ1) is 6.86. The molecule has 0 aromatic heterocycles. The highest BCUT2D eigenvalue weighted by molar-refractivity contribution is 5.22. The van der Waals surface area contributed by atoms with Gasteiger partial charge >= 0.3 is 0 Å². The smallest absolute Gasteiger partial charge is 0.0178 e. The van der Waals surface area contributed by atoms with E-state index in [4.69, 9.17) is 5.73 Å². The fraction of sp³-hybridized carbons (Fsp3) is 0.538. The number of rotatable bonds is 6. The first-order valence-corrected chi connectivity index (χ1v) is 5.64. The van der Waals surface area contributed by atoms with E-state index in [1.54, 1.807) is 0 Å². The fourth-order valence-corrected chi connectivity index (χ4v) is 1.60. The first kappa shape index (κ1) is 11.3. The molecule has 0 spiro atoms. The van der Waals surface area contributed by atoms with Crippen LogP contribution in [0.3, 0.4) is 0 Å². The minimum Gasteiger partial charge on any atom is -0.326 e. The van der Waals surface area contributed by atoms with Crippen LogP contribution in [0.2, 0.25) is 0 Å². The minimum absolute atomic E-state index is 0.649. The second-order valence-electron chi connectivity index (χ2n) is 3.83. The Hall–Kier alpha value is -0.820. The van der Waals surface area contributed by atoms with Gasteiger partial charge < -0.3 is 5.73 Å². The Morgan fingerprint density at radius 2 is 1.57 bits per heavy atom. The molecule has 1 heteroatoms. The summed E-state index contributed by atoms with van der Waals surface area (Å²) in [5.41, 5.74) is 8.21. The van der Waals surface area contributed by atoms with Crippen molar-refractivity contribution >= 4 is 0 Å². The van der Waals surface area contributed by atoms with Crippen LogP contribution in [-0.4, -0.2) is 0 Å². The second-order valence-corrected chi connectivity index (χ2v) is 3.83. The number of hydrogen-bond acceptors (Lipinski definition) is 1. The van der Waals surface area contributed by atoms with Crippen molar-refractivity contribution in [1.29, 1.82) is 0 Å². The molecule has 1 aromatic rings. The van der Waals surface area contributed by atoms with E-state index >= 15 is 0 Å². The first-order valence-electron chi connectivity index (χ1n) is 5.64. The lowest BCUT2D eigenvalue weighted by atomic mass is 10.0. The Morgan fingerprint density at radius 3 is 2.14 bits per heavy atom. The van der Waals surface area contributed by atoms with Crippen LogP contribution in [0.1, 0.15) is 43.7 Å². The summed E-state index contributed by atoms with van der Waals surface area (Å²) in [6.45, 7) is 2.89. The van der Waals surface area contributed by atoms with E-state index in [1.165, 1.54) is 43.2 Å². The molecule has 0 atom stereocenters. The highest BCUT2D eigenvalue weighted by Crippen LogP contribution is 2.09. The van der Waals surface area contributed by atoms with Crippen LogP contribution in [0.25, 0.3) is 0 Å². The van der Waals surface area contributed by atoms with Crippen LogP contribution in [0.15, 0.2) is 24.3 Å². The number of aryl methyl sites for hydroxylation is 1. The van der Waals surface area contributed by atoms with Crippen molar-refractivity contribution in [2.24, 2.45) is 5.73 Å². The van der Waals surface area contributed by atoms with Gasteiger partial charge in [-0.3, -0.25) is 0 Å². The van der Waals surface area contributed by atoms with Crippen molar-refractivity contribution < 1.29 is 0 Å². The average molecular weight is 191 g/mol. The Morgan fingerprint density at radius 1 is 0.929 bits per heavy atom. The summed E-state index contributed by atoms with van der Waals surface area (Å²) in [7, 11) is 0. The Bertz CT molecular complexity index is 238. The molecule has 0 saturated carbocycles. The maximum atomic E-state index is 5.54. The van der Waals surface area contributed by atoms with Crippen LogP contribution >= 0.6 is 0 Å². The molecule has 0 aliphatic rings. The number of hydrogen-bond donors (Lipinski definition) is 1. The van der Waals surface area contributed by atoms with Gasteiger partial charge in [0.1, 0.15) is 0 Å². The van der Waals surface area contributed by atoms with Gasteiger partial charge in [-0.05, 0) is 24.0 Å². The summed E-state index contributed by atoms with van der Waals surface area (Å²) < 4.78 is 0. The van der Waals surface area contributed by atoms with Crippen molar-refractivity contribution in [1.82, 2.24) is 0 Å². The van der Waals surface area contributed by atoms with E-state index in [-0.39, 0.29) is 0 Å². The molecular weight excluding hydrogens is 170 g/mol. The van der Waals surface area contributed by atoms with E-state index in [0.717, 1.165) is 0 Å². The highest BCUT2D eigenvalue weighted by Gasteiger charge is 1.93. The van der Waals surface area contributed by atoms with E-state index in [2.05, 4.69) is 31.2 Å². The Balaban J connectivity index is 2.29. The van der Waals surface area contributed by atoms with Crippen molar-refractivity contribution in [2.45, 2.75) is 45.6 Å². The molecule has 1 nitrogen and oxygen atoms in total. The van der Waals surface area contributed by atoms with Crippen LogP contribution in [0.5, 0.6) is 0 Å². The maximum Gasteiger partial charge on any atom is 0.0178 e. The van der Waals surface area contributed by atoms with Crippen LogP contribution in [0.4, 0.5) is 0 Å². The van der Waals surface area contributed by atoms with Crippen LogP contribution < -0.4 is 5.73 Å². The predicted octanol–water partition coefficient (Wildman–Crippen LogP) is 3.27. The summed E-state index contributed by atoms with van der Waals surface area (Å²) >= 11 is 0. The van der Waals surface area contributed by atoms with Crippen LogP contribution in [-0.2, 0) is 13.0 Å². The molecule has 0 aliphatic heterocycles. The summed E-state index contributed by atoms with van der Waals surface area (Å²) in [6, 6.07) is 8.67. The zero-order valence-corrected chi connectivity index (χ0v) is 9.13. The van der Waals surface area contributed by atoms with E-state index < -0.39 is 0 Å². The van der Waals surface area contributed by atoms with Gasteiger partial charge in [-0.1, -0.05) is 50.5 Å². The monoisotopic (exact) mass is 191 g/mol. The summed E-state index contributed by atoms with van der Waals surface area (Å²) in [5, 5.41) is 0. The predicted molar refractivity (Wildman–Crippen MR) is 62.2 cm³/mol. The quantitative estimate of drug-likeness (QED) is 0.686. The fourth-order valence-electron chi connectivity index (χ4n) is 1.60. The largest absolute Gasteiger partial charge is 0.326 e. The van der Waals surface area contributed by atoms with Crippen molar-refractivity contribution in [3.8, 4) is 0 Å². The topological polar surface area (TPSA) is 26.0 Å². The Labute approximate surface area is 87.3 Å². The molecular formula is C13H21N. The van der Waals surface area contributed by atoms with E-state index in [9.17, 15) is 0 Å². The van der Waals surface area contributed by atoms with Crippen molar-refractivity contribution in [2.75, 3.05) is 0 Å². The molecule has 0 bridgehead atoms. The molecule has 14 heavy (non-hydrogen) atoms. The normalized spacial score (nSPS) is 10.4. The SMILES string of the molecule is CCCCCCc1ccc(CN)cc1. The lowest BCUT2D eigenvalue weighted by Gasteiger charge is -2.02. The number of nitrogens with two attached hydrogens (primary N) is 1. The highest BCUT2D eigenvalue weighted by atomic mass is 14.5. The van der Waals surface area contributed by atoms with Gasteiger partial charge in [-0.15, -0.1) is 0 Å². The van der Waals surface area contributed by atoms with Gasteiger partial charge in [0.2, 0.25) is 0 Å². The van der Waals surface area contributed by atoms with Gasteiger partial charge in [0.25, 0.3) is 0 Å². The molecule has 1 aromatic carbocycles. The third kappa shape index (κ3) is 3.93. The van der Waals surface area contributed by atoms with E-state index in [0.29, 0.717) is 6.54 Å². The molecule has 0 radical (unpaired) electrons. The zero-order valence-electron chi connectivity index (χ0n) is 9.13.